The number of rotatable bonds is 11. The molecule has 0 bridgehead atoms. The molecule has 0 aromatic rings. The molecule has 0 aliphatic rings. The van der Waals surface area contributed by atoms with Crippen molar-refractivity contribution in [2.45, 2.75) is 62.7 Å². The molecule has 0 spiro atoms. The highest BCUT2D eigenvalue weighted by Gasteiger charge is 2.29. The number of carbonyl (C=O) groups excluding carboxylic acids is 2. The Kier molecular flexibility index (Phi) is 37.6. The molecule has 0 aromatic heterocycles. The van der Waals surface area contributed by atoms with Crippen LogP contribution in [0.3, 0.4) is 0 Å². The molecule has 0 heterocycles. The van der Waals surface area contributed by atoms with Crippen LogP contribution in [-0.2, 0) is 14.4 Å². The van der Waals surface area contributed by atoms with Gasteiger partial charge in [-0.05, 0) is 6.92 Å². The maximum atomic E-state index is 9.90. The van der Waals surface area contributed by atoms with Crippen LogP contribution in [0.5, 0.6) is 0 Å². The predicted molar refractivity (Wildman–Crippen MR) is 115 cm³/mol. The van der Waals surface area contributed by atoms with E-state index in [1.807, 2.05) is 0 Å². The highest BCUT2D eigenvalue weighted by Crippen LogP contribution is 2.03. The number of hydrogen-bond acceptors (Lipinski definition) is 16. The summed E-state index contributed by atoms with van der Waals surface area (Å²) < 4.78 is 0. The van der Waals surface area contributed by atoms with Crippen molar-refractivity contribution < 1.29 is 85.9 Å². The summed E-state index contributed by atoms with van der Waals surface area (Å²) in [5.41, 5.74) is 0. The number of aldehydes is 2. The molecule has 35 heavy (non-hydrogen) atoms. The topological polar surface area (TPSA) is 334 Å². The minimum Gasteiger partial charge on any atom is -0.481 e. The summed E-state index contributed by atoms with van der Waals surface area (Å²) in [7, 11) is 0. The Balaban J connectivity index is -0.000000117. The summed E-state index contributed by atoms with van der Waals surface area (Å²) in [6.45, 7) is 0.836. The summed E-state index contributed by atoms with van der Waals surface area (Å²) >= 11 is 0. The third kappa shape index (κ3) is 32.3. The Hall–Kier alpha value is -1.71. The first-order chi connectivity index (χ1) is 16.1. The number of aliphatic carboxylic acids is 1. The molecule has 0 saturated carbocycles. The zero-order valence-electron chi connectivity index (χ0n) is 19.3. The third-order valence-electron chi connectivity index (χ3n) is 2.91. The fourth-order valence-corrected chi connectivity index (χ4v) is 1.09. The lowest BCUT2D eigenvalue weighted by molar-refractivity contribution is -0.136. The van der Waals surface area contributed by atoms with Gasteiger partial charge in [-0.15, -0.1) is 0 Å². The maximum Gasteiger partial charge on any atom is 0.300 e. The maximum absolute atomic E-state index is 9.90. The van der Waals surface area contributed by atoms with E-state index in [4.69, 9.17) is 76.3 Å². The molecule has 0 amide bonds. The number of hydrogen-bond donors (Lipinski definition) is 14. The van der Waals surface area contributed by atoms with E-state index < -0.39 is 68.0 Å². The molecule has 0 fully saturated rings. The first kappa shape index (κ1) is 43.4. The lowest BCUT2D eigenvalue weighted by Gasteiger charge is -2.22. The van der Waals surface area contributed by atoms with Gasteiger partial charge in [0.05, 0.1) is 26.4 Å². The van der Waals surface area contributed by atoms with Crippen LogP contribution in [0.25, 0.3) is 0 Å². The number of carboxylic acid groups (broad SMARTS) is 1. The molecule has 7 atom stereocenters. The van der Waals surface area contributed by atoms with Crippen LogP contribution in [0.1, 0.15) is 13.8 Å². The number of aliphatic hydroxyl groups is 13. The van der Waals surface area contributed by atoms with Crippen LogP contribution in [0, 0.1) is 0 Å². The van der Waals surface area contributed by atoms with Crippen LogP contribution in [0.4, 0.5) is 0 Å². The van der Waals surface area contributed by atoms with Gasteiger partial charge in [-0.2, -0.15) is 0 Å². The van der Waals surface area contributed by atoms with Gasteiger partial charge in [-0.25, -0.2) is 0 Å². The number of aliphatic hydroxyl groups excluding tert-OH is 13. The SMILES string of the molecule is CC(=O)O.CCO.O=C[C@H](O)[C@@H](O)[C@H](O)CO.O=C[C@H](O)[C@@H](O)[C@H](O)[C@H](O)CO.OCC(O)CO. The van der Waals surface area contributed by atoms with E-state index in [1.165, 1.54) is 0 Å². The van der Waals surface area contributed by atoms with Crippen LogP contribution < -0.4 is 0 Å². The highest BCUT2D eigenvalue weighted by molar-refractivity contribution is 5.63. The summed E-state index contributed by atoms with van der Waals surface area (Å²) in [6, 6.07) is 0. The standard InChI is InChI=1S/C6H12O6.C5H10O5.C3H8O3.C2H4O2.C2H6O/c7-1-3(9)5(11)6(12)4(10)2-8;6-1-3(8)5(10)4(9)2-7;4-1-3(6)2-5;1-2(3)4;1-2-3/h1,3-6,8-12H,2H2;1,3-5,7-10H,2H2;3-6H,1-2H2;1H3,(H,3,4);3H,2H2,1H3/t3-,4+,5+,6+;3-,4+,5+;;;/m00.../s1. The molecule has 0 rings (SSSR count). The van der Waals surface area contributed by atoms with Crippen molar-refractivity contribution in [2.24, 2.45) is 0 Å². The van der Waals surface area contributed by atoms with Crippen molar-refractivity contribution in [3.05, 3.63) is 0 Å². The molecule has 0 aliphatic carbocycles. The smallest absolute Gasteiger partial charge is 0.300 e. The second kappa shape index (κ2) is 30.3. The summed E-state index contributed by atoms with van der Waals surface area (Å²) in [5, 5.41) is 117. The molecule has 214 valence electrons. The minimum absolute atomic E-state index is 0.0258. The molecular formula is C18H40O17. The molecule has 0 aromatic carbocycles. The quantitative estimate of drug-likeness (QED) is 0.111. The van der Waals surface area contributed by atoms with Gasteiger partial charge in [0, 0.05) is 13.5 Å². The Morgan fingerprint density at radius 2 is 0.886 bits per heavy atom. The monoisotopic (exact) mass is 528 g/mol. The van der Waals surface area contributed by atoms with Gasteiger partial charge >= 0.3 is 0 Å². The van der Waals surface area contributed by atoms with Crippen LogP contribution in [-0.4, -0.2) is 172 Å². The highest BCUT2D eigenvalue weighted by atomic mass is 16.4. The Labute approximate surface area is 201 Å². The van der Waals surface area contributed by atoms with Crippen molar-refractivity contribution >= 4 is 18.5 Å². The van der Waals surface area contributed by atoms with E-state index in [2.05, 4.69) is 0 Å². The van der Waals surface area contributed by atoms with Gasteiger partial charge in [0.25, 0.3) is 5.97 Å². The summed E-state index contributed by atoms with van der Waals surface area (Å²) in [5.74, 6) is -0.833. The van der Waals surface area contributed by atoms with Gasteiger partial charge < -0.3 is 81.1 Å². The van der Waals surface area contributed by atoms with Gasteiger partial charge in [0.2, 0.25) is 0 Å². The molecule has 0 radical (unpaired) electrons. The molecule has 17 heteroatoms. The van der Waals surface area contributed by atoms with E-state index in [0.29, 0.717) is 0 Å². The van der Waals surface area contributed by atoms with Gasteiger partial charge in [-0.3, -0.25) is 4.79 Å². The molecule has 0 saturated heterocycles. The predicted octanol–water partition coefficient (Wildman–Crippen LogP) is -7.70. The minimum atomic E-state index is -1.79. The average molecular weight is 529 g/mol. The van der Waals surface area contributed by atoms with E-state index in [-0.39, 0.29) is 32.4 Å². The molecule has 0 unspecified atom stereocenters. The first-order valence-corrected chi connectivity index (χ1v) is 9.72. The number of carbonyl (C=O) groups is 3. The normalized spacial score (nSPS) is 15.8. The summed E-state index contributed by atoms with van der Waals surface area (Å²) in [6.07, 6.45) is -12.4. The Morgan fingerprint density at radius 3 is 1.09 bits per heavy atom. The Bertz CT molecular complexity index is 458. The Morgan fingerprint density at radius 1 is 0.629 bits per heavy atom. The zero-order chi connectivity index (χ0) is 29.1. The molecule has 0 aliphatic heterocycles. The van der Waals surface area contributed by atoms with Gasteiger partial charge in [0.1, 0.15) is 48.8 Å². The fraction of sp³-hybridized carbons (Fsp3) is 0.833. The lowest BCUT2D eigenvalue weighted by Crippen LogP contribution is -2.46. The van der Waals surface area contributed by atoms with Crippen molar-refractivity contribution in [1.82, 2.24) is 0 Å². The second-order valence-electron chi connectivity index (χ2n) is 6.08. The van der Waals surface area contributed by atoms with E-state index in [0.717, 1.165) is 6.92 Å². The lowest BCUT2D eigenvalue weighted by atomic mass is 10.0. The third-order valence-corrected chi connectivity index (χ3v) is 2.91. The van der Waals surface area contributed by atoms with Crippen molar-refractivity contribution in [3.63, 3.8) is 0 Å². The molecule has 17 nitrogen and oxygen atoms in total. The largest absolute Gasteiger partial charge is 0.481 e. The van der Waals surface area contributed by atoms with Crippen molar-refractivity contribution in [2.75, 3.05) is 33.0 Å². The van der Waals surface area contributed by atoms with E-state index >= 15 is 0 Å². The van der Waals surface area contributed by atoms with Crippen LogP contribution in [0.15, 0.2) is 0 Å². The second-order valence-corrected chi connectivity index (χ2v) is 6.08. The van der Waals surface area contributed by atoms with Crippen LogP contribution in [0.2, 0.25) is 0 Å². The summed E-state index contributed by atoms with van der Waals surface area (Å²) in [4.78, 5) is 28.7. The van der Waals surface area contributed by atoms with Gasteiger partial charge in [0.15, 0.2) is 12.6 Å². The van der Waals surface area contributed by atoms with E-state index in [1.54, 1.807) is 6.92 Å². The van der Waals surface area contributed by atoms with Crippen molar-refractivity contribution in [1.29, 1.82) is 0 Å². The number of carboxylic acids is 1. The first-order valence-electron chi connectivity index (χ1n) is 9.72. The van der Waals surface area contributed by atoms with Gasteiger partial charge in [-0.1, -0.05) is 0 Å². The molecule has 14 N–H and O–H groups in total. The fourth-order valence-electron chi connectivity index (χ4n) is 1.09. The zero-order valence-corrected chi connectivity index (χ0v) is 19.3. The van der Waals surface area contributed by atoms with E-state index in [9.17, 15) is 9.59 Å². The van der Waals surface area contributed by atoms with Crippen LogP contribution >= 0.6 is 0 Å². The average Bonchev–Trinajstić information content (AvgIpc) is 2.85. The van der Waals surface area contributed by atoms with Crippen molar-refractivity contribution in [3.8, 4) is 0 Å². The molecular weight excluding hydrogens is 488 g/mol.